The molecule has 0 radical (unpaired) electrons. The fourth-order valence-corrected chi connectivity index (χ4v) is 2.35. The maximum atomic E-state index is 11.8. The summed E-state index contributed by atoms with van der Waals surface area (Å²) in [7, 11) is 0. The van der Waals surface area contributed by atoms with Gasteiger partial charge in [-0.2, -0.15) is 0 Å². The molecule has 1 N–H and O–H groups in total. The number of carbonyl (C=O) groups is 1. The minimum Gasteiger partial charge on any atom is -0.462 e. The molecule has 0 aromatic heterocycles. The first kappa shape index (κ1) is 17.5. The highest BCUT2D eigenvalue weighted by molar-refractivity contribution is 5.69. The van der Waals surface area contributed by atoms with Crippen molar-refractivity contribution in [3.8, 4) is 0 Å². The lowest BCUT2D eigenvalue weighted by Crippen LogP contribution is -2.27. The van der Waals surface area contributed by atoms with E-state index in [1.165, 1.54) is 0 Å². The van der Waals surface area contributed by atoms with Crippen LogP contribution in [0.25, 0.3) is 10.4 Å². The summed E-state index contributed by atoms with van der Waals surface area (Å²) < 4.78 is 5.49. The molecule has 1 aliphatic rings. The van der Waals surface area contributed by atoms with Crippen LogP contribution in [-0.2, 0) is 9.53 Å². The highest BCUT2D eigenvalue weighted by Crippen LogP contribution is 2.19. The third kappa shape index (κ3) is 6.65. The lowest BCUT2D eigenvalue weighted by atomic mass is 9.95. The van der Waals surface area contributed by atoms with Gasteiger partial charge in [-0.1, -0.05) is 31.1 Å². The van der Waals surface area contributed by atoms with Crippen LogP contribution >= 0.6 is 0 Å². The number of hydrogen-bond donors (Lipinski definition) is 1. The third-order valence-corrected chi connectivity index (χ3v) is 3.93. The van der Waals surface area contributed by atoms with Crippen LogP contribution in [0.1, 0.15) is 46.0 Å². The van der Waals surface area contributed by atoms with E-state index >= 15 is 0 Å². The molecule has 4 atom stereocenters. The van der Waals surface area contributed by atoms with Gasteiger partial charge < -0.3 is 9.84 Å². The molecule has 6 nitrogen and oxygen atoms in total. The van der Waals surface area contributed by atoms with Crippen molar-refractivity contribution in [2.24, 2.45) is 17.0 Å². The van der Waals surface area contributed by atoms with Gasteiger partial charge in [0, 0.05) is 24.3 Å². The quantitative estimate of drug-likeness (QED) is 0.284. The number of allylic oxidation sites excluding steroid dienone is 1. The van der Waals surface area contributed by atoms with E-state index in [1.807, 2.05) is 26.0 Å². The van der Waals surface area contributed by atoms with Crippen molar-refractivity contribution < 1.29 is 14.6 Å². The molecule has 0 amide bonds. The Hall–Kier alpha value is -1.52. The average molecular weight is 295 g/mol. The average Bonchev–Trinajstić information content (AvgIpc) is 2.46. The minimum absolute atomic E-state index is 0.0135. The molecule has 0 aromatic rings. The third-order valence-electron chi connectivity index (χ3n) is 3.93. The molecule has 0 saturated carbocycles. The van der Waals surface area contributed by atoms with Crippen LogP contribution in [-0.4, -0.2) is 29.8 Å². The first-order valence-electron chi connectivity index (χ1n) is 7.58. The van der Waals surface area contributed by atoms with Crippen molar-refractivity contribution in [3.63, 3.8) is 0 Å². The predicted octanol–water partition coefficient (Wildman–Crippen LogP) is 3.36. The van der Waals surface area contributed by atoms with E-state index in [0.717, 1.165) is 6.42 Å². The Morgan fingerprint density at radius 2 is 2.24 bits per heavy atom. The summed E-state index contributed by atoms with van der Waals surface area (Å²) in [5.41, 5.74) is 8.38. The Morgan fingerprint density at radius 1 is 1.52 bits per heavy atom. The zero-order valence-corrected chi connectivity index (χ0v) is 12.8. The fourth-order valence-electron chi connectivity index (χ4n) is 2.35. The largest absolute Gasteiger partial charge is 0.462 e. The van der Waals surface area contributed by atoms with Crippen molar-refractivity contribution in [2.75, 3.05) is 6.54 Å². The van der Waals surface area contributed by atoms with E-state index in [2.05, 4.69) is 10.0 Å². The van der Waals surface area contributed by atoms with Crippen LogP contribution in [0, 0.1) is 11.8 Å². The second-order valence-corrected chi connectivity index (χ2v) is 5.80. The van der Waals surface area contributed by atoms with Gasteiger partial charge in [-0.25, -0.2) is 0 Å². The Bertz CT molecular complexity index is 405. The number of rotatable bonds is 3. The van der Waals surface area contributed by atoms with Gasteiger partial charge in [-0.3, -0.25) is 4.79 Å². The normalized spacial score (nSPS) is 31.0. The van der Waals surface area contributed by atoms with Crippen LogP contribution in [0.5, 0.6) is 0 Å². The van der Waals surface area contributed by atoms with E-state index in [9.17, 15) is 9.90 Å². The zero-order chi connectivity index (χ0) is 15.7. The van der Waals surface area contributed by atoms with E-state index in [-0.39, 0.29) is 30.0 Å². The highest BCUT2D eigenvalue weighted by Gasteiger charge is 2.21. The van der Waals surface area contributed by atoms with Crippen LogP contribution in [0.4, 0.5) is 0 Å². The molecular weight excluding hydrogens is 270 g/mol. The van der Waals surface area contributed by atoms with Crippen molar-refractivity contribution in [1.29, 1.82) is 0 Å². The van der Waals surface area contributed by atoms with Gasteiger partial charge in [0.15, 0.2) is 0 Å². The SMILES string of the molecule is C[C@H]1C/C=C\C[C@H]([C@@H](C)CN=[N+]=[N-])OC(=O)CCC[C@@H]1O. The fraction of sp³-hybridized carbons (Fsp3) is 0.800. The zero-order valence-electron chi connectivity index (χ0n) is 12.8. The van der Waals surface area contributed by atoms with E-state index in [4.69, 9.17) is 10.3 Å². The molecule has 21 heavy (non-hydrogen) atoms. The monoisotopic (exact) mass is 295 g/mol. The number of carbonyl (C=O) groups excluding carboxylic acids is 1. The molecule has 0 aromatic carbocycles. The number of aliphatic hydroxyl groups excluding tert-OH is 1. The van der Waals surface area contributed by atoms with Crippen molar-refractivity contribution in [3.05, 3.63) is 22.6 Å². The van der Waals surface area contributed by atoms with Crippen molar-refractivity contribution >= 4 is 5.97 Å². The lowest BCUT2D eigenvalue weighted by molar-refractivity contribution is -0.151. The summed E-state index contributed by atoms with van der Waals surface area (Å²) >= 11 is 0. The highest BCUT2D eigenvalue weighted by atomic mass is 16.5. The first-order chi connectivity index (χ1) is 10.0. The van der Waals surface area contributed by atoms with E-state index in [1.54, 1.807) is 0 Å². The molecule has 1 rings (SSSR count). The standard InChI is InChI=1S/C15H25N3O3/c1-11-6-3-4-8-14(12(2)10-17-18-16)21-15(20)9-5-7-13(11)19/h3-4,11-14,19H,5-10H2,1-2H3/b4-3-/t11-,12-,13-,14+/m0/s1. The van der Waals surface area contributed by atoms with Gasteiger partial charge in [0.2, 0.25) is 0 Å². The topological polar surface area (TPSA) is 95.3 Å². The van der Waals surface area contributed by atoms with Crippen LogP contribution in [0.3, 0.4) is 0 Å². The Balaban J connectivity index is 2.70. The van der Waals surface area contributed by atoms with Gasteiger partial charge in [0.1, 0.15) is 6.10 Å². The Labute approximate surface area is 125 Å². The Morgan fingerprint density at radius 3 is 2.95 bits per heavy atom. The van der Waals surface area contributed by atoms with Crippen molar-refractivity contribution in [2.45, 2.75) is 58.2 Å². The summed E-state index contributed by atoms with van der Waals surface area (Å²) in [6.45, 7) is 4.25. The molecule has 0 saturated heterocycles. The summed E-state index contributed by atoms with van der Waals surface area (Å²) in [4.78, 5) is 14.6. The molecule has 0 unspecified atom stereocenters. The van der Waals surface area contributed by atoms with Crippen LogP contribution in [0.2, 0.25) is 0 Å². The molecule has 6 heteroatoms. The molecule has 1 aliphatic heterocycles. The second kappa shape index (κ2) is 9.42. The minimum atomic E-state index is -0.374. The summed E-state index contributed by atoms with van der Waals surface area (Å²) in [5, 5.41) is 13.5. The number of aliphatic hydroxyl groups is 1. The molecular formula is C15H25N3O3. The number of azide groups is 1. The predicted molar refractivity (Wildman–Crippen MR) is 80.5 cm³/mol. The number of esters is 1. The van der Waals surface area contributed by atoms with E-state index < -0.39 is 0 Å². The maximum absolute atomic E-state index is 11.8. The summed E-state index contributed by atoms with van der Waals surface area (Å²) in [6.07, 6.45) is 6.35. The molecule has 0 fully saturated rings. The van der Waals surface area contributed by atoms with Crippen LogP contribution in [0.15, 0.2) is 17.3 Å². The number of ether oxygens (including phenoxy) is 1. The first-order valence-corrected chi connectivity index (χ1v) is 7.58. The maximum Gasteiger partial charge on any atom is 0.306 e. The van der Waals surface area contributed by atoms with Gasteiger partial charge >= 0.3 is 5.97 Å². The summed E-state index contributed by atoms with van der Waals surface area (Å²) in [5.74, 6) is -0.0715. The number of nitrogens with zero attached hydrogens (tertiary/aromatic N) is 3. The van der Waals surface area contributed by atoms with Crippen molar-refractivity contribution in [1.82, 2.24) is 0 Å². The van der Waals surface area contributed by atoms with Gasteiger partial charge in [0.05, 0.1) is 6.10 Å². The van der Waals surface area contributed by atoms with Crippen LogP contribution < -0.4 is 0 Å². The van der Waals surface area contributed by atoms with Gasteiger partial charge in [-0.05, 0) is 36.6 Å². The smallest absolute Gasteiger partial charge is 0.306 e. The molecule has 0 aliphatic carbocycles. The number of cyclic esters (lactones) is 1. The van der Waals surface area contributed by atoms with Gasteiger partial charge in [-0.15, -0.1) is 0 Å². The molecule has 1 heterocycles. The summed E-state index contributed by atoms with van der Waals surface area (Å²) in [6, 6.07) is 0. The van der Waals surface area contributed by atoms with E-state index in [0.29, 0.717) is 32.2 Å². The van der Waals surface area contributed by atoms with Gasteiger partial charge in [0.25, 0.3) is 0 Å². The second-order valence-electron chi connectivity index (χ2n) is 5.80. The Kier molecular flexibility index (Phi) is 7.87. The molecule has 0 spiro atoms. The number of hydrogen-bond acceptors (Lipinski definition) is 4. The molecule has 0 bridgehead atoms. The molecule has 118 valence electrons. The lowest BCUT2D eigenvalue weighted by Gasteiger charge is -2.23.